The molecule has 5 nitrogen and oxygen atoms in total. The van der Waals surface area contributed by atoms with Gasteiger partial charge in [0.2, 0.25) is 0 Å². The van der Waals surface area contributed by atoms with Crippen LogP contribution in [0.15, 0.2) is 70.4 Å². The van der Waals surface area contributed by atoms with Crippen LogP contribution >= 0.6 is 11.9 Å². The highest BCUT2D eigenvalue weighted by molar-refractivity contribution is 7.97. The Balaban J connectivity index is 1.44. The lowest BCUT2D eigenvalue weighted by Crippen LogP contribution is -2.48. The van der Waals surface area contributed by atoms with E-state index in [1.165, 1.54) is 22.6 Å². The Labute approximate surface area is 178 Å². The monoisotopic (exact) mass is 420 g/mol. The van der Waals surface area contributed by atoms with Crippen molar-refractivity contribution in [2.75, 3.05) is 13.1 Å². The number of aryl methyl sites for hydroxylation is 1. The molecule has 0 spiro atoms. The van der Waals surface area contributed by atoms with Gasteiger partial charge in [-0.2, -0.15) is 5.10 Å². The molecule has 30 heavy (non-hydrogen) atoms. The first-order chi connectivity index (χ1) is 14.6. The molecule has 1 atom stereocenters. The average Bonchev–Trinajstić information content (AvgIpc) is 3.15. The van der Waals surface area contributed by atoms with Crippen molar-refractivity contribution in [3.63, 3.8) is 0 Å². The van der Waals surface area contributed by atoms with Crippen molar-refractivity contribution in [2.24, 2.45) is 5.18 Å². The normalized spacial score (nSPS) is 20.9. The first-order valence-electron chi connectivity index (χ1n) is 9.94. The van der Waals surface area contributed by atoms with E-state index < -0.39 is 5.54 Å². The Kier molecular flexibility index (Phi) is 4.79. The van der Waals surface area contributed by atoms with Crippen LogP contribution in [0.5, 0.6) is 0 Å². The quantitative estimate of drug-likeness (QED) is 0.431. The van der Waals surface area contributed by atoms with E-state index in [4.69, 9.17) is 0 Å². The molecule has 7 heteroatoms. The maximum atomic E-state index is 13.3. The third kappa shape index (κ3) is 3.38. The van der Waals surface area contributed by atoms with E-state index in [0.717, 1.165) is 35.5 Å². The van der Waals surface area contributed by atoms with Gasteiger partial charge in [-0.15, -0.1) is 4.91 Å². The van der Waals surface area contributed by atoms with Crippen LogP contribution in [0.2, 0.25) is 0 Å². The first kappa shape index (κ1) is 19.2. The Hall–Kier alpha value is -2.77. The molecule has 1 aromatic heterocycles. The number of piperidine rings is 1. The molecular weight excluding hydrogens is 399 g/mol. The minimum Gasteiger partial charge on any atom is -0.243 e. The second-order valence-corrected chi connectivity index (χ2v) is 9.10. The summed E-state index contributed by atoms with van der Waals surface area (Å²) < 4.78 is 17.4. The van der Waals surface area contributed by atoms with E-state index in [1.807, 2.05) is 4.68 Å². The summed E-state index contributed by atoms with van der Waals surface area (Å²) in [5, 5.41) is 8.15. The van der Waals surface area contributed by atoms with Gasteiger partial charge in [-0.3, -0.25) is 0 Å². The van der Waals surface area contributed by atoms with Gasteiger partial charge in [0.05, 0.1) is 17.6 Å². The fraction of sp³-hybridized carbons (Fsp3) is 0.261. The molecule has 0 radical (unpaired) electrons. The van der Waals surface area contributed by atoms with Gasteiger partial charge in [-0.05, 0) is 78.9 Å². The highest BCUT2D eigenvalue weighted by Gasteiger charge is 2.45. The summed E-state index contributed by atoms with van der Waals surface area (Å²) >= 11 is 1.68. The lowest BCUT2D eigenvalue weighted by molar-refractivity contribution is 0.306. The van der Waals surface area contributed by atoms with Crippen LogP contribution in [0.1, 0.15) is 23.2 Å². The van der Waals surface area contributed by atoms with Crippen molar-refractivity contribution >= 4 is 18.0 Å². The largest absolute Gasteiger partial charge is 0.243 e. The molecule has 1 aliphatic carbocycles. The Morgan fingerprint density at radius 1 is 1.20 bits per heavy atom. The number of rotatable bonds is 4. The molecule has 152 valence electrons. The number of nitrogens with zero attached hydrogens (tertiary/aromatic N) is 4. The standard InChI is InChI=1S/C23H21FN4OS/c1-16-3-2-4-21(11-16)30-27-10-9-18-12-22-17(13-23(18,15-27)26-29)14-25-28(22)20-7-5-19(24)6-8-20/h2-8,11-12,14H,9-10,13,15H2,1H3. The fourth-order valence-electron chi connectivity index (χ4n) is 4.29. The summed E-state index contributed by atoms with van der Waals surface area (Å²) in [7, 11) is 0. The summed E-state index contributed by atoms with van der Waals surface area (Å²) in [4.78, 5) is 13.3. The van der Waals surface area contributed by atoms with Gasteiger partial charge in [0.15, 0.2) is 0 Å². The average molecular weight is 421 g/mol. The first-order valence-corrected chi connectivity index (χ1v) is 10.7. The molecule has 1 saturated heterocycles. The van der Waals surface area contributed by atoms with E-state index in [0.29, 0.717) is 13.0 Å². The Morgan fingerprint density at radius 3 is 2.80 bits per heavy atom. The topological polar surface area (TPSA) is 50.5 Å². The molecule has 1 unspecified atom stereocenters. The predicted molar refractivity (Wildman–Crippen MR) is 117 cm³/mol. The van der Waals surface area contributed by atoms with E-state index in [2.05, 4.69) is 51.8 Å². The summed E-state index contributed by atoms with van der Waals surface area (Å²) in [5.74, 6) is -0.277. The predicted octanol–water partition coefficient (Wildman–Crippen LogP) is 5.18. The van der Waals surface area contributed by atoms with Crippen molar-refractivity contribution in [2.45, 2.75) is 30.2 Å². The van der Waals surface area contributed by atoms with Crippen molar-refractivity contribution in [1.29, 1.82) is 0 Å². The van der Waals surface area contributed by atoms with Gasteiger partial charge in [0.25, 0.3) is 0 Å². The summed E-state index contributed by atoms with van der Waals surface area (Å²) in [6.07, 6.45) is 5.17. The van der Waals surface area contributed by atoms with Gasteiger partial charge >= 0.3 is 0 Å². The number of fused-ring (bicyclic) bond motifs is 2. The van der Waals surface area contributed by atoms with E-state index in [-0.39, 0.29) is 5.82 Å². The molecule has 3 aromatic rings. The van der Waals surface area contributed by atoms with Crippen molar-refractivity contribution in [1.82, 2.24) is 14.1 Å². The number of hydrogen-bond donors (Lipinski definition) is 0. The zero-order valence-corrected chi connectivity index (χ0v) is 17.4. The van der Waals surface area contributed by atoms with Crippen molar-refractivity contribution in [3.8, 4) is 5.69 Å². The molecule has 0 saturated carbocycles. The van der Waals surface area contributed by atoms with Crippen LogP contribution in [-0.2, 0) is 6.42 Å². The third-order valence-electron chi connectivity index (χ3n) is 5.82. The lowest BCUT2D eigenvalue weighted by Gasteiger charge is -2.41. The zero-order valence-electron chi connectivity index (χ0n) is 16.6. The molecule has 0 N–H and O–H groups in total. The second-order valence-electron chi connectivity index (χ2n) is 7.93. The van der Waals surface area contributed by atoms with Crippen LogP contribution < -0.4 is 0 Å². The van der Waals surface area contributed by atoms with Gasteiger partial charge in [-0.1, -0.05) is 17.3 Å². The number of aromatic nitrogens is 2. The minimum absolute atomic E-state index is 0.277. The molecule has 1 aliphatic heterocycles. The number of halogens is 1. The smallest absolute Gasteiger partial charge is 0.142 e. The van der Waals surface area contributed by atoms with Crippen molar-refractivity contribution < 1.29 is 4.39 Å². The van der Waals surface area contributed by atoms with Gasteiger partial charge in [0.1, 0.15) is 11.4 Å². The molecule has 2 aromatic carbocycles. The lowest BCUT2D eigenvalue weighted by atomic mass is 9.76. The van der Waals surface area contributed by atoms with Crippen LogP contribution in [0.4, 0.5) is 4.39 Å². The second kappa shape index (κ2) is 7.49. The van der Waals surface area contributed by atoms with Crippen LogP contribution in [-0.4, -0.2) is 32.7 Å². The molecule has 2 heterocycles. The molecule has 0 bridgehead atoms. The fourth-order valence-corrected chi connectivity index (χ4v) is 5.43. The Morgan fingerprint density at radius 2 is 2.03 bits per heavy atom. The van der Waals surface area contributed by atoms with E-state index in [9.17, 15) is 9.30 Å². The minimum atomic E-state index is -0.765. The molecule has 2 aliphatic rings. The number of benzene rings is 2. The van der Waals surface area contributed by atoms with E-state index >= 15 is 0 Å². The van der Waals surface area contributed by atoms with Gasteiger partial charge in [-0.25, -0.2) is 13.4 Å². The van der Waals surface area contributed by atoms with E-state index in [1.54, 1.807) is 30.3 Å². The highest BCUT2D eigenvalue weighted by Crippen LogP contribution is 2.42. The van der Waals surface area contributed by atoms with Crippen LogP contribution in [0.25, 0.3) is 11.8 Å². The summed E-state index contributed by atoms with van der Waals surface area (Å²) in [6, 6.07) is 14.7. The summed E-state index contributed by atoms with van der Waals surface area (Å²) in [6.45, 7) is 3.50. The highest BCUT2D eigenvalue weighted by atomic mass is 32.2. The maximum absolute atomic E-state index is 13.3. The Bertz CT molecular complexity index is 1140. The van der Waals surface area contributed by atoms with Crippen molar-refractivity contribution in [3.05, 3.63) is 87.8 Å². The molecular formula is C23H21FN4OS. The molecule has 0 amide bonds. The third-order valence-corrected chi connectivity index (χ3v) is 6.85. The van der Waals surface area contributed by atoms with Gasteiger partial charge < -0.3 is 0 Å². The maximum Gasteiger partial charge on any atom is 0.142 e. The molecule has 1 fully saturated rings. The number of nitroso groups, excluding NO2 is 1. The summed E-state index contributed by atoms with van der Waals surface area (Å²) in [5.41, 5.74) is 4.25. The molecule has 5 rings (SSSR count). The van der Waals surface area contributed by atoms with Crippen LogP contribution in [0, 0.1) is 17.6 Å². The zero-order chi connectivity index (χ0) is 20.7. The van der Waals surface area contributed by atoms with Crippen LogP contribution in [0.3, 0.4) is 0 Å². The number of hydrogen-bond acceptors (Lipinski definition) is 5. The SMILES string of the molecule is Cc1cccc(SN2CCC3=Cc4c(cnn4-c4ccc(F)cc4)CC3(N=O)C2)c1. The van der Waals surface area contributed by atoms with Gasteiger partial charge in [0, 0.05) is 30.0 Å².